The molecule has 0 aliphatic carbocycles. The molecular weight excluding hydrogens is 447 g/mol. The molecular formula is C9H5F7NO6S3-. The molecule has 0 amide bonds. The zero-order valence-electron chi connectivity index (χ0n) is 11.7. The third-order valence-corrected chi connectivity index (χ3v) is 7.56. The summed E-state index contributed by atoms with van der Waals surface area (Å²) >= 11 is 0. The zero-order chi connectivity index (χ0) is 20.8. The van der Waals surface area contributed by atoms with Crippen molar-refractivity contribution in [2.24, 2.45) is 0 Å². The van der Waals surface area contributed by atoms with E-state index < -0.39 is 50.8 Å². The normalized spacial score (nSPS) is 15.0. The van der Waals surface area contributed by atoms with Crippen LogP contribution < -0.4 is 0 Å². The third kappa shape index (κ3) is 3.52. The summed E-state index contributed by atoms with van der Waals surface area (Å²) in [5.41, 5.74) is -6.51. The lowest BCUT2D eigenvalue weighted by Crippen LogP contribution is -2.52. The van der Waals surface area contributed by atoms with Crippen molar-refractivity contribution < 1.29 is 56.0 Å². The topological polar surface area (TPSA) is 117 Å². The van der Waals surface area contributed by atoms with E-state index in [0.717, 1.165) is 22.3 Å². The van der Waals surface area contributed by atoms with Crippen LogP contribution in [0, 0.1) is 0 Å². The monoisotopic (exact) mass is 452 g/mol. The molecule has 0 aliphatic rings. The molecule has 0 aliphatic heterocycles. The van der Waals surface area contributed by atoms with Gasteiger partial charge >= 0.3 is 16.0 Å². The van der Waals surface area contributed by atoms with Crippen LogP contribution in [0.2, 0.25) is 0 Å². The Morgan fingerprint density at radius 2 is 1.08 bits per heavy atom. The molecule has 0 radical (unpaired) electrons. The summed E-state index contributed by atoms with van der Waals surface area (Å²) in [6, 6.07) is 3.42. The van der Waals surface area contributed by atoms with Crippen LogP contribution in [0.1, 0.15) is 0 Å². The molecule has 0 heterocycles. The fourth-order valence-corrected chi connectivity index (χ4v) is 5.09. The van der Waals surface area contributed by atoms with Gasteiger partial charge in [-0.1, -0.05) is 18.2 Å². The Morgan fingerprint density at radius 1 is 0.654 bits per heavy atom. The highest BCUT2D eigenvalue weighted by molar-refractivity contribution is 8.13. The predicted octanol–water partition coefficient (Wildman–Crippen LogP) is 2.20. The van der Waals surface area contributed by atoms with Crippen LogP contribution in [0.3, 0.4) is 0 Å². The fourth-order valence-electron chi connectivity index (χ4n) is 1.27. The van der Waals surface area contributed by atoms with Crippen molar-refractivity contribution in [3.63, 3.8) is 0 Å². The molecule has 0 unspecified atom stereocenters. The maximum atomic E-state index is 13.8. The van der Waals surface area contributed by atoms with Crippen molar-refractivity contribution in [2.45, 2.75) is 20.9 Å². The Balaban J connectivity index is 3.52. The SMILES string of the molecule is O=S(=O)([N-]S(=O)(=O)C(F)(F)C(F)(F)S(=O)(=O)c1ccccc1)C(F)(F)F. The molecule has 150 valence electrons. The standard InChI is InChI=1S/C9H5F7NO6S3/c10-7(11,24(18,19)6-4-2-1-3-5-6)8(12,13)25(20,21)17-26(22,23)9(14,15)16/h1-5H/q-1. The zero-order valence-corrected chi connectivity index (χ0v) is 14.1. The van der Waals surface area contributed by atoms with Crippen molar-refractivity contribution >= 4 is 29.9 Å². The van der Waals surface area contributed by atoms with E-state index in [1.54, 1.807) is 0 Å². The molecule has 0 bridgehead atoms. The predicted molar refractivity (Wildman–Crippen MR) is 70.8 cm³/mol. The van der Waals surface area contributed by atoms with Crippen LogP contribution in [0.25, 0.3) is 4.13 Å². The number of sulfone groups is 1. The summed E-state index contributed by atoms with van der Waals surface area (Å²) in [5, 5.41) is -13.4. The molecule has 0 spiro atoms. The van der Waals surface area contributed by atoms with Crippen LogP contribution in [-0.2, 0) is 29.9 Å². The average Bonchev–Trinajstić information content (AvgIpc) is 2.45. The summed E-state index contributed by atoms with van der Waals surface area (Å²) < 4.78 is 158. The van der Waals surface area contributed by atoms with E-state index in [1.165, 1.54) is 0 Å². The Morgan fingerprint density at radius 3 is 1.46 bits per heavy atom. The number of alkyl halides is 7. The molecule has 26 heavy (non-hydrogen) atoms. The maximum absolute atomic E-state index is 13.8. The number of halogens is 7. The van der Waals surface area contributed by atoms with E-state index in [9.17, 15) is 56.0 Å². The second-order valence-electron chi connectivity index (χ2n) is 4.32. The van der Waals surface area contributed by atoms with Crippen molar-refractivity contribution in [1.82, 2.24) is 0 Å². The summed E-state index contributed by atoms with van der Waals surface area (Å²) in [5.74, 6) is 0. The van der Waals surface area contributed by atoms with Gasteiger partial charge in [0.1, 0.15) is 0 Å². The van der Waals surface area contributed by atoms with E-state index in [4.69, 9.17) is 0 Å². The molecule has 1 aromatic carbocycles. The summed E-state index contributed by atoms with van der Waals surface area (Å²) in [6.07, 6.45) is 0. The molecule has 0 fully saturated rings. The van der Waals surface area contributed by atoms with Crippen molar-refractivity contribution in [3.8, 4) is 0 Å². The number of hydrogen-bond donors (Lipinski definition) is 0. The van der Waals surface area contributed by atoms with E-state index in [1.807, 2.05) is 0 Å². The van der Waals surface area contributed by atoms with Gasteiger partial charge in [0.25, 0.3) is 9.84 Å². The van der Waals surface area contributed by atoms with Gasteiger partial charge in [-0.2, -0.15) is 30.7 Å². The van der Waals surface area contributed by atoms with Gasteiger partial charge in [-0.3, -0.25) is 0 Å². The first-order valence-corrected chi connectivity index (χ1v) is 10.0. The summed E-state index contributed by atoms with van der Waals surface area (Å²) in [4.78, 5) is -1.50. The van der Waals surface area contributed by atoms with Gasteiger partial charge in [-0.25, -0.2) is 25.3 Å². The number of rotatable bonds is 6. The molecule has 0 N–H and O–H groups in total. The van der Waals surface area contributed by atoms with Crippen LogP contribution in [-0.4, -0.2) is 41.3 Å². The van der Waals surface area contributed by atoms with Crippen molar-refractivity contribution in [2.75, 3.05) is 0 Å². The number of sulfonamides is 2. The smallest absolute Gasteiger partial charge is 0.423 e. The number of benzene rings is 1. The molecule has 1 rings (SSSR count). The molecule has 1 aromatic rings. The lowest BCUT2D eigenvalue weighted by atomic mass is 10.4. The Kier molecular flexibility index (Phi) is 5.48. The van der Waals surface area contributed by atoms with Crippen molar-refractivity contribution in [1.29, 1.82) is 0 Å². The minimum absolute atomic E-state index is 0.371. The fraction of sp³-hybridized carbons (Fsp3) is 0.333. The van der Waals surface area contributed by atoms with Gasteiger partial charge < -0.3 is 4.13 Å². The van der Waals surface area contributed by atoms with Crippen LogP contribution in [0.5, 0.6) is 0 Å². The Hall–Kier alpha value is -1.46. The summed E-state index contributed by atoms with van der Waals surface area (Å²) in [7, 11) is -21.1. The van der Waals surface area contributed by atoms with Gasteiger partial charge in [-0.05, 0) is 12.1 Å². The van der Waals surface area contributed by atoms with Crippen LogP contribution in [0.15, 0.2) is 35.2 Å². The molecule has 17 heteroatoms. The van der Waals surface area contributed by atoms with E-state index >= 15 is 0 Å². The first-order chi connectivity index (χ1) is 11.3. The quantitative estimate of drug-likeness (QED) is 0.611. The van der Waals surface area contributed by atoms with Crippen molar-refractivity contribution in [3.05, 3.63) is 34.5 Å². The molecule has 7 nitrogen and oxygen atoms in total. The van der Waals surface area contributed by atoms with Gasteiger partial charge in [0.05, 0.1) is 4.90 Å². The highest BCUT2D eigenvalue weighted by Crippen LogP contribution is 2.48. The average molecular weight is 452 g/mol. The molecule has 0 saturated heterocycles. The molecule has 0 aromatic heterocycles. The van der Waals surface area contributed by atoms with Gasteiger partial charge in [-0.15, -0.1) is 0 Å². The lowest BCUT2D eigenvalue weighted by molar-refractivity contribution is -0.0960. The highest BCUT2D eigenvalue weighted by atomic mass is 32.3. The third-order valence-electron chi connectivity index (χ3n) is 2.54. The Bertz CT molecular complexity index is 984. The minimum atomic E-state index is -7.49. The second kappa shape index (κ2) is 6.31. The number of nitrogens with zero attached hydrogens (tertiary/aromatic N) is 1. The van der Waals surface area contributed by atoms with Gasteiger partial charge in [0, 0.05) is 0 Å². The first-order valence-electron chi connectivity index (χ1n) is 5.67. The van der Waals surface area contributed by atoms with E-state index in [2.05, 4.69) is 0 Å². The van der Waals surface area contributed by atoms with E-state index in [0.29, 0.717) is 12.1 Å². The second-order valence-corrected chi connectivity index (χ2v) is 9.78. The van der Waals surface area contributed by atoms with Crippen LogP contribution >= 0.6 is 0 Å². The molecule has 0 saturated carbocycles. The lowest BCUT2D eigenvalue weighted by Gasteiger charge is -2.31. The molecule has 0 atom stereocenters. The highest BCUT2D eigenvalue weighted by Gasteiger charge is 2.71. The minimum Gasteiger partial charge on any atom is -0.423 e. The van der Waals surface area contributed by atoms with Crippen LogP contribution in [0.4, 0.5) is 30.7 Å². The van der Waals surface area contributed by atoms with Gasteiger partial charge in [0.15, 0.2) is 20.0 Å². The van der Waals surface area contributed by atoms with Gasteiger partial charge in [0.2, 0.25) is 0 Å². The summed E-state index contributed by atoms with van der Waals surface area (Å²) in [6.45, 7) is 0. The Labute approximate surface area is 141 Å². The maximum Gasteiger partial charge on any atom is 0.480 e. The largest absolute Gasteiger partial charge is 0.480 e. The number of hydrogen-bond acceptors (Lipinski definition) is 6. The first kappa shape index (κ1) is 22.6. The van der Waals surface area contributed by atoms with E-state index in [-0.39, 0.29) is 0 Å².